The number of ether oxygens (including phenoxy) is 1. The average molecular weight is 303 g/mol. The molecule has 2 atom stereocenters. The van der Waals surface area contributed by atoms with Crippen molar-refractivity contribution in [2.45, 2.75) is 23.6 Å². The molecule has 6 nitrogen and oxygen atoms in total. The number of rotatable bonds is 3. The van der Waals surface area contributed by atoms with Crippen molar-refractivity contribution in [3.05, 3.63) is 10.7 Å². The van der Waals surface area contributed by atoms with Crippen LogP contribution in [0.2, 0.25) is 0 Å². The Morgan fingerprint density at radius 3 is 2.89 bits per heavy atom. The quantitative estimate of drug-likeness (QED) is 0.723. The highest BCUT2D eigenvalue weighted by Gasteiger charge is 2.39. The van der Waals surface area contributed by atoms with Crippen LogP contribution in [0, 0.1) is 0 Å². The second-order valence-corrected chi connectivity index (χ2v) is 6.61. The normalized spacial score (nSPS) is 26.5. The zero-order valence-electron chi connectivity index (χ0n) is 10.8. The van der Waals surface area contributed by atoms with E-state index in [-0.39, 0.29) is 16.6 Å². The van der Waals surface area contributed by atoms with Crippen LogP contribution in [0.5, 0.6) is 0 Å². The maximum atomic E-state index is 12.5. The molecule has 8 heteroatoms. The van der Waals surface area contributed by atoms with Crippen molar-refractivity contribution in [3.63, 3.8) is 0 Å². The van der Waals surface area contributed by atoms with E-state index in [1.807, 2.05) is 6.26 Å². The Bertz CT molecular complexity index is 427. The number of amides is 1. The van der Waals surface area contributed by atoms with Crippen molar-refractivity contribution in [1.29, 1.82) is 0 Å². The number of carbonyl (C=O) groups is 2. The van der Waals surface area contributed by atoms with Gasteiger partial charge in [-0.3, -0.25) is 4.79 Å². The van der Waals surface area contributed by atoms with Gasteiger partial charge in [0.1, 0.15) is 21.5 Å². The maximum absolute atomic E-state index is 12.5. The predicted molar refractivity (Wildman–Crippen MR) is 76.0 cm³/mol. The summed E-state index contributed by atoms with van der Waals surface area (Å²) in [5, 5.41) is 3.04. The summed E-state index contributed by atoms with van der Waals surface area (Å²) >= 11 is 2.98. The molecule has 1 fully saturated rings. The van der Waals surface area contributed by atoms with E-state index in [9.17, 15) is 9.59 Å². The van der Waals surface area contributed by atoms with Crippen LogP contribution in [-0.2, 0) is 14.3 Å². The first-order valence-corrected chi connectivity index (χ1v) is 8.09. The molecule has 1 saturated heterocycles. The molecule has 0 bridgehead atoms. The van der Waals surface area contributed by atoms with Crippen molar-refractivity contribution in [1.82, 2.24) is 10.2 Å². The number of nitrogens with zero attached hydrogens (tertiary/aromatic N) is 1. The van der Waals surface area contributed by atoms with Gasteiger partial charge in [-0.2, -0.15) is 0 Å². The molecule has 2 heterocycles. The number of nitrogens with one attached hydrogen (secondary N) is 1. The fraction of sp³-hybridized carbons (Fsp3) is 0.636. The summed E-state index contributed by atoms with van der Waals surface area (Å²) in [4.78, 5) is 26.2. The molecule has 0 aromatic heterocycles. The molecule has 0 aromatic rings. The molecule has 106 valence electrons. The van der Waals surface area contributed by atoms with Crippen molar-refractivity contribution in [2.75, 3.05) is 19.9 Å². The van der Waals surface area contributed by atoms with E-state index < -0.39 is 6.04 Å². The minimum absolute atomic E-state index is 0.0538. The summed E-state index contributed by atoms with van der Waals surface area (Å²) in [5.41, 5.74) is 5.84. The monoisotopic (exact) mass is 303 g/mol. The third-order valence-corrected chi connectivity index (χ3v) is 5.51. The van der Waals surface area contributed by atoms with E-state index >= 15 is 0 Å². The Hall–Kier alpha value is -1.02. The van der Waals surface area contributed by atoms with Crippen LogP contribution in [0.15, 0.2) is 10.7 Å². The number of nitrogens with two attached hydrogens (primary N) is 1. The fourth-order valence-electron chi connectivity index (χ4n) is 2.19. The second-order valence-electron chi connectivity index (χ2n) is 4.25. The van der Waals surface area contributed by atoms with E-state index in [4.69, 9.17) is 10.5 Å². The fourth-order valence-corrected chi connectivity index (χ4v) is 3.91. The SMILES string of the molecule is COC(=O)[C@@H]1CCCN1C(=O)C1=C(N)NC(SC)S1. The highest BCUT2D eigenvalue weighted by Crippen LogP contribution is 2.36. The predicted octanol–water partition coefficient (Wildman–Crippen LogP) is 0.261. The molecule has 19 heavy (non-hydrogen) atoms. The summed E-state index contributed by atoms with van der Waals surface area (Å²) in [6.45, 7) is 0.569. The molecule has 0 aliphatic carbocycles. The number of hydrogen-bond acceptors (Lipinski definition) is 7. The van der Waals surface area contributed by atoms with Crippen molar-refractivity contribution >= 4 is 35.4 Å². The lowest BCUT2D eigenvalue weighted by atomic mass is 10.2. The minimum Gasteiger partial charge on any atom is -0.467 e. The standard InChI is InChI=1S/C11H17N3O3S2/c1-17-10(16)6-4-3-5-14(6)9(15)7-8(12)13-11(18-2)19-7/h6,11,13H,3-5,12H2,1-2H3/t6-,11?/m0/s1. The van der Waals surface area contributed by atoms with Crippen LogP contribution in [0.1, 0.15) is 12.8 Å². The van der Waals surface area contributed by atoms with Gasteiger partial charge < -0.3 is 20.7 Å². The first kappa shape index (κ1) is 14.4. The third kappa shape index (κ3) is 2.79. The van der Waals surface area contributed by atoms with Crippen LogP contribution >= 0.6 is 23.5 Å². The summed E-state index contributed by atoms with van der Waals surface area (Å²) < 4.78 is 4.79. The van der Waals surface area contributed by atoms with Crippen LogP contribution in [0.3, 0.4) is 0 Å². The number of hydrogen-bond donors (Lipinski definition) is 2. The molecular weight excluding hydrogens is 286 g/mol. The van der Waals surface area contributed by atoms with Gasteiger partial charge in [-0.1, -0.05) is 11.8 Å². The molecular formula is C11H17N3O3S2. The minimum atomic E-state index is -0.480. The van der Waals surface area contributed by atoms with Gasteiger partial charge in [-0.15, -0.1) is 11.8 Å². The second kappa shape index (κ2) is 5.96. The first-order valence-electron chi connectivity index (χ1n) is 5.93. The van der Waals surface area contributed by atoms with Crippen molar-refractivity contribution < 1.29 is 14.3 Å². The van der Waals surface area contributed by atoms with Gasteiger partial charge in [0.25, 0.3) is 5.91 Å². The van der Waals surface area contributed by atoms with E-state index in [0.717, 1.165) is 6.42 Å². The molecule has 2 aliphatic heterocycles. The van der Waals surface area contributed by atoms with E-state index in [0.29, 0.717) is 23.7 Å². The largest absolute Gasteiger partial charge is 0.467 e. The Labute approximate surface area is 120 Å². The molecule has 3 N–H and O–H groups in total. The third-order valence-electron chi connectivity index (χ3n) is 3.14. The number of esters is 1. The van der Waals surface area contributed by atoms with Gasteiger partial charge in [0.2, 0.25) is 0 Å². The van der Waals surface area contributed by atoms with E-state index in [2.05, 4.69) is 5.32 Å². The summed E-state index contributed by atoms with van der Waals surface area (Å²) in [6.07, 6.45) is 3.40. The molecule has 2 aliphatic rings. The van der Waals surface area contributed by atoms with Gasteiger partial charge in [0, 0.05) is 6.54 Å². The topological polar surface area (TPSA) is 84.7 Å². The van der Waals surface area contributed by atoms with Gasteiger partial charge in [0.15, 0.2) is 0 Å². The highest BCUT2D eigenvalue weighted by molar-refractivity contribution is 8.19. The zero-order valence-corrected chi connectivity index (χ0v) is 12.5. The highest BCUT2D eigenvalue weighted by atomic mass is 32.2. The van der Waals surface area contributed by atoms with Crippen molar-refractivity contribution in [2.24, 2.45) is 5.73 Å². The molecule has 0 spiro atoms. The van der Waals surface area contributed by atoms with Crippen LogP contribution in [0.4, 0.5) is 0 Å². The van der Waals surface area contributed by atoms with Crippen molar-refractivity contribution in [3.8, 4) is 0 Å². The van der Waals surface area contributed by atoms with Gasteiger partial charge in [0.05, 0.1) is 7.11 Å². The number of likely N-dealkylation sites (tertiary alicyclic amines) is 1. The molecule has 0 saturated carbocycles. The number of methoxy groups -OCH3 is 1. The Kier molecular flexibility index (Phi) is 4.51. The summed E-state index contributed by atoms with van der Waals surface area (Å²) in [7, 11) is 1.34. The smallest absolute Gasteiger partial charge is 0.328 e. The lowest BCUT2D eigenvalue weighted by Gasteiger charge is -2.22. The first-order chi connectivity index (χ1) is 9.08. The Morgan fingerprint density at radius 1 is 1.58 bits per heavy atom. The lowest BCUT2D eigenvalue weighted by Crippen LogP contribution is -2.41. The lowest BCUT2D eigenvalue weighted by molar-refractivity contribution is -0.149. The summed E-state index contributed by atoms with van der Waals surface area (Å²) in [6, 6.07) is -0.480. The molecule has 1 unspecified atom stereocenters. The number of carbonyl (C=O) groups excluding carboxylic acids is 2. The van der Waals surface area contributed by atoms with Crippen LogP contribution < -0.4 is 11.1 Å². The molecule has 0 aromatic carbocycles. The molecule has 1 amide bonds. The van der Waals surface area contributed by atoms with Crippen LogP contribution in [0.25, 0.3) is 0 Å². The molecule has 0 radical (unpaired) electrons. The Morgan fingerprint density at radius 2 is 2.32 bits per heavy atom. The summed E-state index contributed by atoms with van der Waals surface area (Å²) in [5.74, 6) is -0.147. The van der Waals surface area contributed by atoms with Gasteiger partial charge >= 0.3 is 5.97 Å². The zero-order chi connectivity index (χ0) is 14.0. The number of thioether (sulfide) groups is 2. The Balaban J connectivity index is 2.11. The van der Waals surface area contributed by atoms with E-state index in [1.165, 1.54) is 18.9 Å². The maximum Gasteiger partial charge on any atom is 0.328 e. The van der Waals surface area contributed by atoms with E-state index in [1.54, 1.807) is 16.7 Å². The van der Waals surface area contributed by atoms with Gasteiger partial charge in [-0.25, -0.2) is 4.79 Å². The average Bonchev–Trinajstić information content (AvgIpc) is 3.03. The van der Waals surface area contributed by atoms with Gasteiger partial charge in [-0.05, 0) is 19.1 Å². The molecule has 2 rings (SSSR count). The van der Waals surface area contributed by atoms with Crippen LogP contribution in [-0.4, -0.2) is 47.4 Å².